The molecule has 1 aromatic heterocycles. The fraction of sp³-hybridized carbons (Fsp3) is 0.100. The number of hydrazine groups is 1. The first kappa shape index (κ1) is 10.3. The Balaban J connectivity index is 2.64. The summed E-state index contributed by atoms with van der Waals surface area (Å²) in [5.74, 6) is 5.28. The Bertz CT molecular complexity index is 547. The predicted molar refractivity (Wildman–Crippen MR) is 60.9 cm³/mol. The van der Waals surface area contributed by atoms with Gasteiger partial charge in [-0.1, -0.05) is 0 Å². The van der Waals surface area contributed by atoms with E-state index in [2.05, 4.69) is 4.98 Å². The number of carbonyl (C=O) groups is 1. The molecule has 0 radical (unpaired) electrons. The van der Waals surface area contributed by atoms with Crippen molar-refractivity contribution in [3.05, 3.63) is 23.9 Å². The molecule has 1 amide bonds. The molecule has 0 fully saturated rings. The standard InChI is InChI=1S/C10H12N4O2/c1-16-5-2-3-7-6(4-5)8(11)9(13-7)10(15)14-12/h2-4,13H,11-12H2,1H3,(H,14,15). The average Bonchev–Trinajstić information content (AvgIpc) is 2.65. The molecule has 6 N–H and O–H groups in total. The largest absolute Gasteiger partial charge is 0.497 e. The number of fused-ring (bicyclic) bond motifs is 1. The molecule has 16 heavy (non-hydrogen) atoms. The minimum atomic E-state index is -0.451. The van der Waals surface area contributed by atoms with Crippen LogP contribution in [0.4, 0.5) is 5.69 Å². The molecular formula is C10H12N4O2. The first-order valence-corrected chi connectivity index (χ1v) is 4.63. The van der Waals surface area contributed by atoms with Gasteiger partial charge in [-0.15, -0.1) is 0 Å². The fourth-order valence-electron chi connectivity index (χ4n) is 1.57. The number of methoxy groups -OCH3 is 1. The predicted octanol–water partition coefficient (Wildman–Crippen LogP) is 0.362. The van der Waals surface area contributed by atoms with Gasteiger partial charge < -0.3 is 15.5 Å². The van der Waals surface area contributed by atoms with Crippen LogP contribution in [0.3, 0.4) is 0 Å². The van der Waals surface area contributed by atoms with Gasteiger partial charge in [0.25, 0.3) is 5.91 Å². The van der Waals surface area contributed by atoms with Crippen molar-refractivity contribution in [3.8, 4) is 5.75 Å². The van der Waals surface area contributed by atoms with E-state index in [-0.39, 0.29) is 5.69 Å². The molecule has 0 aliphatic rings. The third-order valence-corrected chi connectivity index (χ3v) is 2.40. The Morgan fingerprint density at radius 3 is 2.88 bits per heavy atom. The van der Waals surface area contributed by atoms with Crippen molar-refractivity contribution in [1.82, 2.24) is 10.4 Å². The van der Waals surface area contributed by atoms with E-state index >= 15 is 0 Å². The molecule has 0 aliphatic heterocycles. The summed E-state index contributed by atoms with van der Waals surface area (Å²) in [6.45, 7) is 0. The molecule has 0 bridgehead atoms. The maximum absolute atomic E-state index is 11.4. The number of nitrogens with one attached hydrogen (secondary N) is 2. The van der Waals surface area contributed by atoms with E-state index in [0.29, 0.717) is 11.4 Å². The molecule has 0 unspecified atom stereocenters. The van der Waals surface area contributed by atoms with Gasteiger partial charge in [0.2, 0.25) is 0 Å². The van der Waals surface area contributed by atoms with Gasteiger partial charge in [-0.2, -0.15) is 0 Å². The van der Waals surface area contributed by atoms with E-state index in [1.54, 1.807) is 25.3 Å². The number of ether oxygens (including phenoxy) is 1. The monoisotopic (exact) mass is 220 g/mol. The zero-order valence-corrected chi connectivity index (χ0v) is 8.70. The van der Waals surface area contributed by atoms with Crippen molar-refractivity contribution in [2.45, 2.75) is 0 Å². The van der Waals surface area contributed by atoms with E-state index in [9.17, 15) is 4.79 Å². The Morgan fingerprint density at radius 1 is 1.50 bits per heavy atom. The molecule has 2 rings (SSSR count). The summed E-state index contributed by atoms with van der Waals surface area (Å²) in [6.07, 6.45) is 0. The molecule has 1 heterocycles. The number of amides is 1. The van der Waals surface area contributed by atoms with Gasteiger partial charge in [-0.05, 0) is 18.2 Å². The molecule has 1 aromatic carbocycles. The second-order valence-electron chi connectivity index (χ2n) is 3.30. The lowest BCUT2D eigenvalue weighted by Crippen LogP contribution is -2.30. The molecule has 6 nitrogen and oxygen atoms in total. The average molecular weight is 220 g/mol. The van der Waals surface area contributed by atoms with Crippen LogP contribution in [0.2, 0.25) is 0 Å². The summed E-state index contributed by atoms with van der Waals surface area (Å²) in [4.78, 5) is 14.3. The number of rotatable bonds is 2. The Hall–Kier alpha value is -2.21. The molecule has 6 heteroatoms. The number of hydrogen-bond acceptors (Lipinski definition) is 4. The number of nitrogens with two attached hydrogens (primary N) is 2. The van der Waals surface area contributed by atoms with Crippen molar-refractivity contribution < 1.29 is 9.53 Å². The van der Waals surface area contributed by atoms with Gasteiger partial charge >= 0.3 is 0 Å². The Kier molecular flexibility index (Phi) is 2.41. The number of H-pyrrole nitrogens is 1. The van der Waals surface area contributed by atoms with Gasteiger partial charge in [0.15, 0.2) is 0 Å². The Labute approximate surface area is 91.5 Å². The smallest absolute Gasteiger partial charge is 0.283 e. The summed E-state index contributed by atoms with van der Waals surface area (Å²) in [5.41, 5.74) is 9.24. The molecular weight excluding hydrogens is 208 g/mol. The lowest BCUT2D eigenvalue weighted by Gasteiger charge is -1.99. The summed E-state index contributed by atoms with van der Waals surface area (Å²) in [7, 11) is 1.57. The van der Waals surface area contributed by atoms with Crippen molar-refractivity contribution >= 4 is 22.5 Å². The van der Waals surface area contributed by atoms with E-state index in [0.717, 1.165) is 10.9 Å². The van der Waals surface area contributed by atoms with Gasteiger partial charge in [-0.3, -0.25) is 10.2 Å². The normalized spacial score (nSPS) is 10.4. The maximum atomic E-state index is 11.4. The van der Waals surface area contributed by atoms with Crippen molar-refractivity contribution in [2.75, 3.05) is 12.8 Å². The van der Waals surface area contributed by atoms with Crippen LogP contribution < -0.4 is 21.7 Å². The summed E-state index contributed by atoms with van der Waals surface area (Å²) >= 11 is 0. The molecule has 0 aliphatic carbocycles. The Morgan fingerprint density at radius 2 is 2.25 bits per heavy atom. The van der Waals surface area contributed by atoms with Crippen LogP contribution in [-0.4, -0.2) is 18.0 Å². The van der Waals surface area contributed by atoms with E-state index in [1.807, 2.05) is 5.43 Å². The van der Waals surface area contributed by atoms with Gasteiger partial charge in [0.1, 0.15) is 11.4 Å². The summed E-state index contributed by atoms with van der Waals surface area (Å²) in [5, 5.41) is 0.734. The minimum absolute atomic E-state index is 0.255. The van der Waals surface area contributed by atoms with Crippen LogP contribution in [0.5, 0.6) is 5.75 Å². The van der Waals surface area contributed by atoms with Gasteiger partial charge in [-0.25, -0.2) is 5.84 Å². The number of anilines is 1. The third-order valence-electron chi connectivity index (χ3n) is 2.40. The van der Waals surface area contributed by atoms with Crippen LogP contribution in [0.1, 0.15) is 10.5 Å². The van der Waals surface area contributed by atoms with Crippen LogP contribution in [0, 0.1) is 0 Å². The molecule has 2 aromatic rings. The highest BCUT2D eigenvalue weighted by Crippen LogP contribution is 2.28. The molecule has 84 valence electrons. The highest BCUT2D eigenvalue weighted by Gasteiger charge is 2.14. The van der Waals surface area contributed by atoms with E-state index in [4.69, 9.17) is 16.3 Å². The lowest BCUT2D eigenvalue weighted by molar-refractivity contribution is 0.0950. The van der Waals surface area contributed by atoms with E-state index in [1.165, 1.54) is 0 Å². The number of carbonyl (C=O) groups excluding carboxylic acids is 1. The summed E-state index contributed by atoms with van der Waals surface area (Å²) < 4.78 is 5.08. The van der Waals surface area contributed by atoms with Crippen LogP contribution in [0.15, 0.2) is 18.2 Å². The fourth-order valence-corrected chi connectivity index (χ4v) is 1.57. The number of hydrogen-bond donors (Lipinski definition) is 4. The zero-order chi connectivity index (χ0) is 11.7. The van der Waals surface area contributed by atoms with Crippen LogP contribution >= 0.6 is 0 Å². The number of aromatic amines is 1. The highest BCUT2D eigenvalue weighted by atomic mass is 16.5. The molecule has 0 atom stereocenters. The number of benzene rings is 1. The maximum Gasteiger partial charge on any atom is 0.283 e. The lowest BCUT2D eigenvalue weighted by atomic mass is 10.2. The van der Waals surface area contributed by atoms with E-state index < -0.39 is 5.91 Å². The highest BCUT2D eigenvalue weighted by molar-refractivity contribution is 6.07. The third kappa shape index (κ3) is 1.45. The van der Waals surface area contributed by atoms with Gasteiger partial charge in [0.05, 0.1) is 12.8 Å². The topological polar surface area (TPSA) is 106 Å². The number of aromatic nitrogens is 1. The second-order valence-corrected chi connectivity index (χ2v) is 3.30. The number of nitrogen functional groups attached to an aromatic ring is 2. The first-order chi connectivity index (χ1) is 7.67. The molecule has 0 saturated heterocycles. The summed E-state index contributed by atoms with van der Waals surface area (Å²) in [6, 6.07) is 5.33. The minimum Gasteiger partial charge on any atom is -0.497 e. The molecule has 0 spiro atoms. The van der Waals surface area contributed by atoms with Gasteiger partial charge in [0, 0.05) is 10.9 Å². The van der Waals surface area contributed by atoms with Crippen LogP contribution in [0.25, 0.3) is 10.9 Å². The molecule has 0 saturated carbocycles. The van der Waals surface area contributed by atoms with Crippen molar-refractivity contribution in [1.29, 1.82) is 0 Å². The van der Waals surface area contributed by atoms with Crippen molar-refractivity contribution in [3.63, 3.8) is 0 Å². The van der Waals surface area contributed by atoms with Crippen LogP contribution in [-0.2, 0) is 0 Å². The second kappa shape index (κ2) is 3.74. The SMILES string of the molecule is COc1ccc2[nH]c(C(=O)NN)c(N)c2c1. The first-order valence-electron chi connectivity index (χ1n) is 4.63. The quantitative estimate of drug-likeness (QED) is 0.333. The van der Waals surface area contributed by atoms with Crippen molar-refractivity contribution in [2.24, 2.45) is 5.84 Å². The zero-order valence-electron chi connectivity index (χ0n) is 8.70.